The predicted octanol–water partition coefficient (Wildman–Crippen LogP) is 2.98. The predicted molar refractivity (Wildman–Crippen MR) is 85.4 cm³/mol. The zero-order valence-corrected chi connectivity index (χ0v) is 11.6. The Morgan fingerprint density at radius 3 is 2.36 bits per heavy atom. The second kappa shape index (κ2) is 4.96. The van der Waals surface area contributed by atoms with E-state index in [-0.39, 0.29) is 5.56 Å². The number of imidazole rings is 1. The van der Waals surface area contributed by atoms with Crippen molar-refractivity contribution >= 4 is 10.9 Å². The van der Waals surface area contributed by atoms with E-state index in [1.165, 1.54) is 0 Å². The van der Waals surface area contributed by atoms with Gasteiger partial charge in [-0.2, -0.15) is 0 Å². The molecule has 0 fully saturated rings. The van der Waals surface area contributed by atoms with E-state index in [1.807, 2.05) is 42.5 Å². The van der Waals surface area contributed by atoms with Crippen molar-refractivity contribution in [2.75, 3.05) is 0 Å². The highest BCUT2D eigenvalue weighted by molar-refractivity contribution is 5.82. The quantitative estimate of drug-likeness (QED) is 0.595. The van der Waals surface area contributed by atoms with Gasteiger partial charge in [-0.15, -0.1) is 0 Å². The first-order chi connectivity index (χ1) is 10.8. The number of H-pyrrole nitrogens is 2. The second-order valence-corrected chi connectivity index (χ2v) is 4.92. The molecule has 0 radical (unpaired) electrons. The molecule has 0 saturated heterocycles. The van der Waals surface area contributed by atoms with Crippen LogP contribution in [-0.4, -0.2) is 19.9 Å². The van der Waals surface area contributed by atoms with Gasteiger partial charge in [0.15, 0.2) is 0 Å². The number of hydrogen-bond donors (Lipinski definition) is 2. The fourth-order valence-corrected chi connectivity index (χ4v) is 2.52. The summed E-state index contributed by atoms with van der Waals surface area (Å²) in [6, 6.07) is 15.0. The first-order valence-corrected chi connectivity index (χ1v) is 6.91. The highest BCUT2D eigenvalue weighted by atomic mass is 16.1. The maximum Gasteiger partial charge on any atom is 0.259 e. The van der Waals surface area contributed by atoms with Crippen LogP contribution in [0.4, 0.5) is 0 Å². The van der Waals surface area contributed by atoms with Crippen LogP contribution in [0.3, 0.4) is 0 Å². The zero-order chi connectivity index (χ0) is 14.9. The lowest BCUT2D eigenvalue weighted by Crippen LogP contribution is -2.09. The van der Waals surface area contributed by atoms with Crippen molar-refractivity contribution in [1.29, 1.82) is 0 Å². The van der Waals surface area contributed by atoms with Crippen LogP contribution in [0, 0.1) is 0 Å². The molecule has 2 N–H and O–H groups in total. The van der Waals surface area contributed by atoms with Crippen LogP contribution in [-0.2, 0) is 0 Å². The molecule has 0 aliphatic carbocycles. The Bertz CT molecular complexity index is 1000. The minimum atomic E-state index is -0.144. The molecule has 2 heterocycles. The molecule has 0 aliphatic heterocycles. The Balaban J connectivity index is 1.99. The van der Waals surface area contributed by atoms with Gasteiger partial charge in [-0.3, -0.25) is 4.79 Å². The molecular weight excluding hydrogens is 276 g/mol. The van der Waals surface area contributed by atoms with Crippen LogP contribution < -0.4 is 5.56 Å². The summed E-state index contributed by atoms with van der Waals surface area (Å²) in [7, 11) is 0. The smallest absolute Gasteiger partial charge is 0.259 e. The summed E-state index contributed by atoms with van der Waals surface area (Å²) in [4.78, 5) is 27.1. The van der Waals surface area contributed by atoms with Crippen LogP contribution in [0.15, 0.2) is 65.7 Å². The Morgan fingerprint density at radius 2 is 1.59 bits per heavy atom. The molecule has 0 saturated carbocycles. The van der Waals surface area contributed by atoms with Gasteiger partial charge in [-0.1, -0.05) is 36.4 Å². The highest BCUT2D eigenvalue weighted by Gasteiger charge is 2.12. The summed E-state index contributed by atoms with van der Waals surface area (Å²) < 4.78 is 0. The summed E-state index contributed by atoms with van der Waals surface area (Å²) >= 11 is 0. The van der Waals surface area contributed by atoms with E-state index in [9.17, 15) is 4.79 Å². The van der Waals surface area contributed by atoms with E-state index >= 15 is 0 Å². The largest absolute Gasteiger partial charge is 0.345 e. The Kier molecular flexibility index (Phi) is 2.83. The fraction of sp³-hybridized carbons (Fsp3) is 0. The van der Waals surface area contributed by atoms with Crippen molar-refractivity contribution in [2.24, 2.45) is 0 Å². The molecule has 0 unspecified atom stereocenters. The van der Waals surface area contributed by atoms with Crippen molar-refractivity contribution in [3.05, 3.63) is 71.3 Å². The van der Waals surface area contributed by atoms with E-state index in [4.69, 9.17) is 0 Å². The van der Waals surface area contributed by atoms with Gasteiger partial charge in [0.1, 0.15) is 11.6 Å². The van der Waals surface area contributed by atoms with Gasteiger partial charge >= 0.3 is 0 Å². The number of para-hydroxylation sites is 1. The maximum atomic E-state index is 12.3. The van der Waals surface area contributed by atoms with Crippen LogP contribution in [0.5, 0.6) is 0 Å². The molecule has 0 bridgehead atoms. The molecular formula is C17H12N4O. The van der Waals surface area contributed by atoms with Crippen LogP contribution in [0.1, 0.15) is 0 Å². The third-order valence-corrected chi connectivity index (χ3v) is 3.55. The SMILES string of the molecule is O=c1[nH]c(-c2ccccc2-c2ncc[nH]2)nc2ccccc12. The summed E-state index contributed by atoms with van der Waals surface area (Å²) in [6.07, 6.45) is 3.46. The van der Waals surface area contributed by atoms with Crippen molar-refractivity contribution in [3.8, 4) is 22.8 Å². The number of aromatic nitrogens is 4. The van der Waals surface area contributed by atoms with Gasteiger partial charge in [-0.25, -0.2) is 9.97 Å². The van der Waals surface area contributed by atoms with Gasteiger partial charge in [0.05, 0.1) is 10.9 Å². The number of nitrogens with zero attached hydrogens (tertiary/aromatic N) is 2. The van der Waals surface area contributed by atoms with Crippen molar-refractivity contribution in [2.45, 2.75) is 0 Å². The third-order valence-electron chi connectivity index (χ3n) is 3.55. The molecule has 22 heavy (non-hydrogen) atoms. The molecule has 5 heteroatoms. The Labute approximate surface area is 125 Å². The Morgan fingerprint density at radius 1 is 0.864 bits per heavy atom. The maximum absolute atomic E-state index is 12.3. The van der Waals surface area contributed by atoms with Gasteiger partial charge in [0.25, 0.3) is 5.56 Å². The first-order valence-electron chi connectivity index (χ1n) is 6.91. The van der Waals surface area contributed by atoms with Gasteiger partial charge < -0.3 is 9.97 Å². The number of fused-ring (bicyclic) bond motifs is 1. The Hall–Kier alpha value is -3.21. The van der Waals surface area contributed by atoms with E-state index in [2.05, 4.69) is 19.9 Å². The van der Waals surface area contributed by atoms with E-state index < -0.39 is 0 Å². The zero-order valence-electron chi connectivity index (χ0n) is 11.6. The van der Waals surface area contributed by atoms with Crippen LogP contribution >= 0.6 is 0 Å². The molecule has 0 amide bonds. The molecule has 106 valence electrons. The van der Waals surface area contributed by atoms with Gasteiger partial charge in [-0.05, 0) is 12.1 Å². The molecule has 0 spiro atoms. The molecule has 4 rings (SSSR count). The number of rotatable bonds is 2. The molecule has 0 atom stereocenters. The average Bonchev–Trinajstić information content (AvgIpc) is 3.09. The summed E-state index contributed by atoms with van der Waals surface area (Å²) in [5, 5.41) is 0.585. The van der Waals surface area contributed by atoms with Crippen molar-refractivity contribution in [3.63, 3.8) is 0 Å². The molecule has 2 aromatic carbocycles. The van der Waals surface area contributed by atoms with Crippen molar-refractivity contribution < 1.29 is 0 Å². The lowest BCUT2D eigenvalue weighted by Gasteiger charge is -2.07. The van der Waals surface area contributed by atoms with Crippen LogP contribution in [0.2, 0.25) is 0 Å². The van der Waals surface area contributed by atoms with Gasteiger partial charge in [0.2, 0.25) is 0 Å². The minimum Gasteiger partial charge on any atom is -0.345 e. The lowest BCUT2D eigenvalue weighted by atomic mass is 10.1. The average molecular weight is 288 g/mol. The standard InChI is InChI=1S/C17H12N4O/c22-17-13-7-3-4-8-14(13)20-16(21-17)12-6-2-1-5-11(12)15-18-9-10-19-15/h1-10H,(H,18,19)(H,20,21,22). The molecule has 2 aromatic heterocycles. The topological polar surface area (TPSA) is 74.4 Å². The summed E-state index contributed by atoms with van der Waals surface area (Å²) in [6.45, 7) is 0. The monoisotopic (exact) mass is 288 g/mol. The lowest BCUT2D eigenvalue weighted by molar-refractivity contribution is 1.17. The molecule has 0 aliphatic rings. The molecule has 4 aromatic rings. The van der Waals surface area contributed by atoms with E-state index in [1.54, 1.807) is 18.5 Å². The second-order valence-electron chi connectivity index (χ2n) is 4.92. The number of benzene rings is 2. The number of aromatic amines is 2. The minimum absolute atomic E-state index is 0.144. The van der Waals surface area contributed by atoms with E-state index in [0.29, 0.717) is 16.7 Å². The highest BCUT2D eigenvalue weighted by Crippen LogP contribution is 2.27. The number of nitrogens with one attached hydrogen (secondary N) is 2. The van der Waals surface area contributed by atoms with Crippen molar-refractivity contribution in [1.82, 2.24) is 19.9 Å². The summed E-state index contributed by atoms with van der Waals surface area (Å²) in [5.74, 6) is 1.28. The first kappa shape index (κ1) is 12.5. The van der Waals surface area contributed by atoms with Gasteiger partial charge in [0, 0.05) is 23.5 Å². The summed E-state index contributed by atoms with van der Waals surface area (Å²) in [5.41, 5.74) is 2.26. The third kappa shape index (κ3) is 2.00. The molecule has 5 nitrogen and oxygen atoms in total. The normalized spacial score (nSPS) is 10.9. The number of hydrogen-bond acceptors (Lipinski definition) is 3. The van der Waals surface area contributed by atoms with E-state index in [0.717, 1.165) is 17.0 Å². The fourth-order valence-electron chi connectivity index (χ4n) is 2.52. The van der Waals surface area contributed by atoms with Crippen LogP contribution in [0.25, 0.3) is 33.7 Å².